The zero-order valence-corrected chi connectivity index (χ0v) is 8.74. The Labute approximate surface area is 84.9 Å². The summed E-state index contributed by atoms with van der Waals surface area (Å²) in [6.07, 6.45) is 4.86. The van der Waals surface area contributed by atoms with Gasteiger partial charge < -0.3 is 14.9 Å². The van der Waals surface area contributed by atoms with E-state index < -0.39 is 0 Å². The zero-order chi connectivity index (χ0) is 10.8. The third-order valence-electron chi connectivity index (χ3n) is 2.12. The fourth-order valence-corrected chi connectivity index (χ4v) is 1.35. The van der Waals surface area contributed by atoms with Crippen LogP contribution in [-0.4, -0.2) is 42.4 Å². The minimum Gasteiger partial charge on any atom is -0.394 e. The molecule has 1 atom stereocenters. The van der Waals surface area contributed by atoms with Crippen molar-refractivity contribution < 1.29 is 19.7 Å². The average molecular weight is 204 g/mol. The van der Waals surface area contributed by atoms with E-state index in [1.165, 1.54) is 0 Å². The van der Waals surface area contributed by atoms with Crippen molar-refractivity contribution in [1.29, 1.82) is 0 Å². The molecule has 2 N–H and O–H groups in total. The number of aliphatic hydroxyl groups is 2. The van der Waals surface area contributed by atoms with Gasteiger partial charge >= 0.3 is 0 Å². The molecule has 0 aromatic rings. The topological polar surface area (TPSA) is 66.8 Å². The first-order valence-corrected chi connectivity index (χ1v) is 5.00. The molecule has 0 amide bonds. The van der Waals surface area contributed by atoms with Crippen molar-refractivity contribution >= 4 is 5.78 Å². The fraction of sp³-hybridized carbons (Fsp3) is 0.900. The quantitative estimate of drug-likeness (QED) is 0.643. The highest BCUT2D eigenvalue weighted by Gasteiger charge is 2.16. The summed E-state index contributed by atoms with van der Waals surface area (Å²) in [4.78, 5) is 11.0. The van der Waals surface area contributed by atoms with Crippen LogP contribution in [0.3, 0.4) is 0 Å². The minimum atomic E-state index is -0.125. The minimum absolute atomic E-state index is 0.125. The van der Waals surface area contributed by atoms with Crippen LogP contribution in [0.5, 0.6) is 0 Å². The summed E-state index contributed by atoms with van der Waals surface area (Å²) in [6, 6.07) is 0. The molecule has 0 heterocycles. The predicted octanol–water partition coefficient (Wildman–Crippen LogP) is 0.506. The third-order valence-corrected chi connectivity index (χ3v) is 2.12. The number of hydrogen-bond acceptors (Lipinski definition) is 4. The molecule has 84 valence electrons. The smallest absolute Gasteiger partial charge is 0.135 e. The molecule has 0 spiro atoms. The molecule has 4 heteroatoms. The van der Waals surface area contributed by atoms with Crippen LogP contribution in [0, 0.1) is 0 Å². The van der Waals surface area contributed by atoms with E-state index in [-0.39, 0.29) is 19.3 Å². The zero-order valence-electron chi connectivity index (χ0n) is 8.74. The lowest BCUT2D eigenvalue weighted by atomic mass is 10.1. The maximum Gasteiger partial charge on any atom is 0.135 e. The summed E-state index contributed by atoms with van der Waals surface area (Å²) in [5, 5.41) is 15.2. The summed E-state index contributed by atoms with van der Waals surface area (Å²) in [6.45, 7) is -0.250. The molecule has 0 bridgehead atoms. The normalized spacial score (nSPS) is 22.2. The van der Waals surface area contributed by atoms with E-state index in [4.69, 9.17) is 14.9 Å². The van der Waals surface area contributed by atoms with E-state index >= 15 is 0 Å². The number of Topliss-reactive ketones (excluding diaryl/α,β-unsaturated/α-hetero) is 1. The second-order valence-corrected chi connectivity index (χ2v) is 3.29. The lowest BCUT2D eigenvalue weighted by Gasteiger charge is -2.09. The Morgan fingerprint density at radius 3 is 2.50 bits per heavy atom. The average Bonchev–Trinajstić information content (AvgIpc) is 2.43. The van der Waals surface area contributed by atoms with Crippen LogP contribution in [0.25, 0.3) is 0 Å². The molecule has 0 saturated heterocycles. The van der Waals surface area contributed by atoms with Crippen molar-refractivity contribution in [1.82, 2.24) is 0 Å². The van der Waals surface area contributed by atoms with E-state index in [2.05, 4.69) is 0 Å². The van der Waals surface area contributed by atoms with Crippen molar-refractivity contribution in [2.24, 2.45) is 0 Å². The second-order valence-electron chi connectivity index (χ2n) is 3.29. The summed E-state index contributed by atoms with van der Waals surface area (Å²) < 4.78 is 5.12. The number of ether oxygens (including phenoxy) is 1. The van der Waals surface area contributed by atoms with Gasteiger partial charge in [-0.2, -0.15) is 0 Å². The Bertz CT molecular complexity index is 145. The molecule has 4 nitrogen and oxygen atoms in total. The van der Waals surface area contributed by atoms with Crippen LogP contribution >= 0.6 is 0 Å². The van der Waals surface area contributed by atoms with Crippen LogP contribution in [-0.2, 0) is 9.53 Å². The van der Waals surface area contributed by atoms with E-state index in [1.807, 2.05) is 0 Å². The fourth-order valence-electron chi connectivity index (χ4n) is 1.35. The number of rotatable bonds is 2. The molecular weight excluding hydrogens is 184 g/mol. The highest BCUT2D eigenvalue weighted by Crippen LogP contribution is 2.16. The van der Waals surface area contributed by atoms with Gasteiger partial charge in [-0.05, 0) is 12.8 Å². The number of methoxy groups -OCH3 is 1. The molecule has 14 heavy (non-hydrogen) atoms. The summed E-state index contributed by atoms with van der Waals surface area (Å²) in [7, 11) is 1.68. The van der Waals surface area contributed by atoms with Gasteiger partial charge in [0.15, 0.2) is 0 Å². The molecule has 0 aliphatic heterocycles. The third kappa shape index (κ3) is 7.00. The molecule has 0 radical (unpaired) electrons. The van der Waals surface area contributed by atoms with Crippen LogP contribution < -0.4 is 0 Å². The molecule has 1 saturated carbocycles. The number of aliphatic hydroxyl groups excluding tert-OH is 2. The first kappa shape index (κ1) is 13.5. The van der Waals surface area contributed by atoms with Gasteiger partial charge in [0.1, 0.15) is 5.78 Å². The highest BCUT2D eigenvalue weighted by atomic mass is 16.5. The molecule has 1 unspecified atom stereocenters. The van der Waals surface area contributed by atoms with Crippen molar-refractivity contribution in [2.45, 2.75) is 38.2 Å². The first-order valence-electron chi connectivity index (χ1n) is 5.00. The summed E-state index contributed by atoms with van der Waals surface area (Å²) in [5.74, 6) is 0.365. The van der Waals surface area contributed by atoms with Crippen molar-refractivity contribution in [3.05, 3.63) is 0 Å². The van der Waals surface area contributed by atoms with Gasteiger partial charge in [0.25, 0.3) is 0 Å². The first-order chi connectivity index (χ1) is 6.74. The van der Waals surface area contributed by atoms with Gasteiger partial charge in [0.05, 0.1) is 19.3 Å². The van der Waals surface area contributed by atoms with Crippen LogP contribution in [0.1, 0.15) is 32.1 Å². The molecular formula is C10H20O4. The van der Waals surface area contributed by atoms with Crippen LogP contribution in [0.4, 0.5) is 0 Å². The van der Waals surface area contributed by atoms with Crippen molar-refractivity contribution in [2.75, 3.05) is 20.3 Å². The Morgan fingerprint density at radius 1 is 1.36 bits per heavy atom. The maximum absolute atomic E-state index is 11.0. The molecule has 0 aromatic heterocycles. The Kier molecular flexibility index (Phi) is 8.83. The van der Waals surface area contributed by atoms with E-state index in [0.717, 1.165) is 25.7 Å². The van der Waals surface area contributed by atoms with E-state index in [9.17, 15) is 4.79 Å². The summed E-state index contributed by atoms with van der Waals surface area (Å²) in [5.41, 5.74) is 0. The molecule has 1 rings (SSSR count). The van der Waals surface area contributed by atoms with Crippen molar-refractivity contribution in [3.8, 4) is 0 Å². The number of carbonyl (C=O) groups is 1. The monoisotopic (exact) mass is 204 g/mol. The number of hydrogen-bond donors (Lipinski definition) is 2. The van der Waals surface area contributed by atoms with Gasteiger partial charge in [-0.15, -0.1) is 0 Å². The Hall–Kier alpha value is -0.450. The Morgan fingerprint density at radius 2 is 2.00 bits per heavy atom. The molecule has 0 aromatic carbocycles. The largest absolute Gasteiger partial charge is 0.394 e. The number of ketones is 1. The van der Waals surface area contributed by atoms with Gasteiger partial charge in [-0.25, -0.2) is 0 Å². The maximum atomic E-state index is 11.0. The lowest BCUT2D eigenvalue weighted by molar-refractivity contribution is -0.120. The number of carbonyl (C=O) groups excluding carboxylic acids is 1. The van der Waals surface area contributed by atoms with E-state index in [0.29, 0.717) is 12.2 Å². The van der Waals surface area contributed by atoms with Crippen molar-refractivity contribution in [3.63, 3.8) is 0 Å². The molecule has 1 aliphatic carbocycles. The van der Waals surface area contributed by atoms with E-state index in [1.54, 1.807) is 7.11 Å². The van der Waals surface area contributed by atoms with Crippen LogP contribution in [0.2, 0.25) is 0 Å². The van der Waals surface area contributed by atoms with Gasteiger partial charge in [0, 0.05) is 20.0 Å². The standard InChI is InChI=1S/C8H14O2.C2H6O2/c1-10-8-5-3-2-4-7(9)6-8;3-1-2-4/h8H,2-6H2,1H3;3-4H,1-2H2. The van der Waals surface area contributed by atoms with Crippen LogP contribution in [0.15, 0.2) is 0 Å². The SMILES string of the molecule is COC1CCCCC(=O)C1.OCCO. The predicted molar refractivity (Wildman–Crippen MR) is 53.1 cm³/mol. The molecule has 1 fully saturated rings. The van der Waals surface area contributed by atoms with Gasteiger partial charge in [-0.3, -0.25) is 4.79 Å². The lowest BCUT2D eigenvalue weighted by Crippen LogP contribution is -2.12. The highest BCUT2D eigenvalue weighted by molar-refractivity contribution is 5.79. The molecule has 1 aliphatic rings. The van der Waals surface area contributed by atoms with Gasteiger partial charge in [-0.1, -0.05) is 6.42 Å². The summed E-state index contributed by atoms with van der Waals surface area (Å²) >= 11 is 0. The second kappa shape index (κ2) is 9.12. The Balaban J connectivity index is 0.000000364. The van der Waals surface area contributed by atoms with Gasteiger partial charge in [0.2, 0.25) is 0 Å².